The summed E-state index contributed by atoms with van der Waals surface area (Å²) in [6.45, 7) is 2.23. The molecule has 0 unspecified atom stereocenters. The van der Waals surface area contributed by atoms with E-state index in [0.29, 0.717) is 6.54 Å². The predicted octanol–water partition coefficient (Wildman–Crippen LogP) is 1.92. The molecule has 0 radical (unpaired) electrons. The molecule has 0 spiro atoms. The Morgan fingerprint density at radius 3 is 2.07 bits per heavy atom. The molecule has 0 aromatic carbocycles. The molecule has 0 heterocycles. The molecule has 0 bridgehead atoms. The Morgan fingerprint density at radius 1 is 0.929 bits per heavy atom. The second kappa shape index (κ2) is 8.05. The van der Waals surface area contributed by atoms with Gasteiger partial charge >= 0.3 is 6.18 Å². The highest BCUT2D eigenvalue weighted by Gasteiger charge is 2.25. The van der Waals surface area contributed by atoms with Gasteiger partial charge in [0.05, 0.1) is 0 Å². The molecule has 0 fully saturated rings. The molecule has 0 rings (SSSR count). The molecule has 0 aliphatic carbocycles. The zero-order valence-electron chi connectivity index (χ0n) is 8.58. The van der Waals surface area contributed by atoms with Crippen molar-refractivity contribution in [2.24, 2.45) is 0 Å². The van der Waals surface area contributed by atoms with E-state index in [1.807, 2.05) is 7.05 Å². The first-order valence-electron chi connectivity index (χ1n) is 4.98. The van der Waals surface area contributed by atoms with Crippen LogP contribution in [0, 0.1) is 0 Å². The molecule has 0 aliphatic heterocycles. The summed E-state index contributed by atoms with van der Waals surface area (Å²) in [5, 5.41) is 6.00. The molecule has 0 saturated carbocycles. The van der Waals surface area contributed by atoms with Crippen LogP contribution in [0.1, 0.15) is 25.7 Å². The van der Waals surface area contributed by atoms with Gasteiger partial charge in [-0.15, -0.1) is 0 Å². The molecule has 0 amide bonds. The molecule has 2 N–H and O–H groups in total. The van der Waals surface area contributed by atoms with Crippen molar-refractivity contribution in [1.82, 2.24) is 10.6 Å². The highest BCUT2D eigenvalue weighted by molar-refractivity contribution is 4.54. The van der Waals surface area contributed by atoms with Crippen LogP contribution in [-0.4, -0.2) is 32.9 Å². The normalized spacial score (nSPS) is 12.0. The maximum absolute atomic E-state index is 11.7. The second-order valence-corrected chi connectivity index (χ2v) is 3.28. The minimum atomic E-state index is -4.01. The van der Waals surface area contributed by atoms with E-state index in [1.54, 1.807) is 0 Å². The first-order chi connectivity index (χ1) is 6.56. The van der Waals surface area contributed by atoms with Gasteiger partial charge in [0.2, 0.25) is 0 Å². The van der Waals surface area contributed by atoms with Crippen LogP contribution < -0.4 is 10.6 Å². The van der Waals surface area contributed by atoms with Crippen LogP contribution in [0.25, 0.3) is 0 Å². The molecule has 2 nitrogen and oxygen atoms in total. The fourth-order valence-corrected chi connectivity index (χ4v) is 1.09. The predicted molar refractivity (Wildman–Crippen MR) is 51.3 cm³/mol. The molecule has 5 heteroatoms. The van der Waals surface area contributed by atoms with Crippen LogP contribution in [0.2, 0.25) is 0 Å². The van der Waals surface area contributed by atoms with Crippen molar-refractivity contribution in [3.8, 4) is 0 Å². The summed E-state index contributed by atoms with van der Waals surface area (Å²) in [6.07, 6.45) is -2.45. The third kappa shape index (κ3) is 11.7. The monoisotopic (exact) mass is 212 g/mol. The number of nitrogens with one attached hydrogen (secondary N) is 2. The Hall–Kier alpha value is -0.290. The lowest BCUT2D eigenvalue weighted by molar-refractivity contribution is -0.135. The highest BCUT2D eigenvalue weighted by Crippen LogP contribution is 2.20. The molecular formula is C9H19F3N2. The summed E-state index contributed by atoms with van der Waals surface area (Å²) in [5.74, 6) is 0. The molecule has 0 aliphatic rings. The van der Waals surface area contributed by atoms with Crippen LogP contribution in [0.15, 0.2) is 0 Å². The topological polar surface area (TPSA) is 24.1 Å². The molecule has 0 aromatic heterocycles. The van der Waals surface area contributed by atoms with Gasteiger partial charge in [-0.25, -0.2) is 0 Å². The first-order valence-corrected chi connectivity index (χ1v) is 4.98. The summed E-state index contributed by atoms with van der Waals surface area (Å²) >= 11 is 0. The van der Waals surface area contributed by atoms with Gasteiger partial charge in [0.15, 0.2) is 0 Å². The van der Waals surface area contributed by atoms with Crippen molar-refractivity contribution in [2.45, 2.75) is 31.9 Å². The van der Waals surface area contributed by atoms with Crippen LogP contribution >= 0.6 is 0 Å². The Bertz CT molecular complexity index is 126. The van der Waals surface area contributed by atoms with E-state index in [1.165, 1.54) is 0 Å². The van der Waals surface area contributed by atoms with E-state index in [9.17, 15) is 13.2 Å². The van der Waals surface area contributed by atoms with E-state index in [2.05, 4.69) is 10.6 Å². The fourth-order valence-electron chi connectivity index (χ4n) is 1.09. The SMILES string of the molecule is CNCCCCNCCCC(F)(F)F. The maximum Gasteiger partial charge on any atom is 0.389 e. The molecule has 0 aromatic rings. The third-order valence-corrected chi connectivity index (χ3v) is 1.84. The lowest BCUT2D eigenvalue weighted by Crippen LogP contribution is -2.20. The summed E-state index contributed by atoms with van der Waals surface area (Å²) in [7, 11) is 1.89. The molecule has 0 saturated heterocycles. The van der Waals surface area contributed by atoms with Crippen molar-refractivity contribution in [3.05, 3.63) is 0 Å². The number of alkyl halides is 3. The number of halogens is 3. The minimum Gasteiger partial charge on any atom is -0.320 e. The van der Waals surface area contributed by atoms with E-state index in [4.69, 9.17) is 0 Å². The Labute approximate surface area is 83.3 Å². The smallest absolute Gasteiger partial charge is 0.320 e. The lowest BCUT2D eigenvalue weighted by Gasteiger charge is -2.07. The van der Waals surface area contributed by atoms with Gasteiger partial charge in [-0.2, -0.15) is 13.2 Å². The number of rotatable bonds is 8. The molecule has 14 heavy (non-hydrogen) atoms. The third-order valence-electron chi connectivity index (χ3n) is 1.84. The van der Waals surface area contributed by atoms with Crippen LogP contribution in [0.3, 0.4) is 0 Å². The maximum atomic E-state index is 11.7. The van der Waals surface area contributed by atoms with Crippen molar-refractivity contribution in [3.63, 3.8) is 0 Å². The molecule has 0 atom stereocenters. The highest BCUT2D eigenvalue weighted by atomic mass is 19.4. The van der Waals surface area contributed by atoms with Crippen LogP contribution in [-0.2, 0) is 0 Å². The average molecular weight is 212 g/mol. The lowest BCUT2D eigenvalue weighted by atomic mass is 10.3. The zero-order valence-corrected chi connectivity index (χ0v) is 8.58. The van der Waals surface area contributed by atoms with Gasteiger partial charge in [0.1, 0.15) is 0 Å². The molecular weight excluding hydrogens is 193 g/mol. The quantitative estimate of drug-likeness (QED) is 0.601. The van der Waals surface area contributed by atoms with Crippen molar-refractivity contribution in [2.75, 3.05) is 26.7 Å². The Balaban J connectivity index is 2.99. The van der Waals surface area contributed by atoms with Crippen LogP contribution in [0.5, 0.6) is 0 Å². The summed E-state index contributed by atoms with van der Waals surface area (Å²) in [4.78, 5) is 0. The van der Waals surface area contributed by atoms with Gasteiger partial charge in [-0.05, 0) is 45.9 Å². The van der Waals surface area contributed by atoms with Gasteiger partial charge in [-0.1, -0.05) is 0 Å². The second-order valence-electron chi connectivity index (χ2n) is 3.28. The largest absolute Gasteiger partial charge is 0.389 e. The summed E-state index contributed by atoms with van der Waals surface area (Å²) in [6, 6.07) is 0. The van der Waals surface area contributed by atoms with Crippen molar-refractivity contribution >= 4 is 0 Å². The fraction of sp³-hybridized carbons (Fsp3) is 1.00. The van der Waals surface area contributed by atoms with Gasteiger partial charge in [0.25, 0.3) is 0 Å². The van der Waals surface area contributed by atoms with E-state index >= 15 is 0 Å². The Kier molecular flexibility index (Phi) is 7.89. The van der Waals surface area contributed by atoms with Crippen LogP contribution in [0.4, 0.5) is 13.2 Å². The minimum absolute atomic E-state index is 0.176. The van der Waals surface area contributed by atoms with Gasteiger partial charge < -0.3 is 10.6 Å². The van der Waals surface area contributed by atoms with Crippen molar-refractivity contribution in [1.29, 1.82) is 0 Å². The number of hydrogen-bond donors (Lipinski definition) is 2. The Morgan fingerprint density at radius 2 is 1.50 bits per heavy atom. The average Bonchev–Trinajstić information content (AvgIpc) is 2.08. The first kappa shape index (κ1) is 13.7. The number of hydrogen-bond acceptors (Lipinski definition) is 2. The zero-order chi connectivity index (χ0) is 10.9. The van der Waals surface area contributed by atoms with Crippen molar-refractivity contribution < 1.29 is 13.2 Å². The van der Waals surface area contributed by atoms with Gasteiger partial charge in [0, 0.05) is 6.42 Å². The van der Waals surface area contributed by atoms with E-state index < -0.39 is 12.6 Å². The van der Waals surface area contributed by atoms with E-state index in [0.717, 1.165) is 25.9 Å². The standard InChI is InChI=1S/C9H19F3N2/c1-13-6-2-3-7-14-8-4-5-9(10,11)12/h13-14H,2-8H2,1H3. The van der Waals surface area contributed by atoms with E-state index in [-0.39, 0.29) is 6.42 Å². The number of unbranched alkanes of at least 4 members (excludes halogenated alkanes) is 1. The van der Waals surface area contributed by atoms with Gasteiger partial charge in [-0.3, -0.25) is 0 Å². The molecule has 86 valence electrons. The summed E-state index contributed by atoms with van der Waals surface area (Å²) < 4.78 is 35.1. The summed E-state index contributed by atoms with van der Waals surface area (Å²) in [5.41, 5.74) is 0.